The number of rotatable bonds is 9. The number of aryl methyl sites for hydroxylation is 4. The van der Waals surface area contributed by atoms with Gasteiger partial charge >= 0.3 is 0 Å². The monoisotopic (exact) mass is 473 g/mol. The number of carbonyl (C=O) groups is 1. The molecule has 0 aliphatic carbocycles. The van der Waals surface area contributed by atoms with Gasteiger partial charge in [0.05, 0.1) is 29.1 Å². The van der Waals surface area contributed by atoms with Crippen LogP contribution < -0.4 is 15.6 Å². The van der Waals surface area contributed by atoms with Crippen molar-refractivity contribution in [3.63, 3.8) is 0 Å². The minimum absolute atomic E-state index is 0.0818. The average molecular weight is 474 g/mol. The zero-order valence-electron chi connectivity index (χ0n) is 20.7. The molecule has 0 spiro atoms. The molecule has 0 unspecified atom stereocenters. The highest BCUT2D eigenvalue weighted by molar-refractivity contribution is 5.83. The molecule has 0 bridgehead atoms. The third-order valence-corrected chi connectivity index (χ3v) is 5.99. The van der Waals surface area contributed by atoms with E-state index in [0.29, 0.717) is 38.1 Å². The predicted octanol–water partition coefficient (Wildman–Crippen LogP) is 4.00. The minimum Gasteiger partial charge on any atom is -0.494 e. The number of fused-ring (bicyclic) bond motifs is 1. The van der Waals surface area contributed by atoms with Gasteiger partial charge in [0.1, 0.15) is 5.75 Å². The Labute approximate surface area is 204 Å². The molecule has 0 aliphatic rings. The van der Waals surface area contributed by atoms with Gasteiger partial charge in [-0.1, -0.05) is 35.9 Å². The Kier molecular flexibility index (Phi) is 7.29. The molecule has 2 aromatic heterocycles. The first-order valence-corrected chi connectivity index (χ1v) is 11.9. The molecular formula is C27H31N5O3. The summed E-state index contributed by atoms with van der Waals surface area (Å²) in [5.74, 6) is 0.692. The van der Waals surface area contributed by atoms with E-state index in [2.05, 4.69) is 15.5 Å². The third-order valence-electron chi connectivity index (χ3n) is 5.99. The summed E-state index contributed by atoms with van der Waals surface area (Å²) in [5.41, 5.74) is 4.76. The first-order chi connectivity index (χ1) is 16.9. The Hall–Kier alpha value is -3.94. The van der Waals surface area contributed by atoms with E-state index in [1.807, 2.05) is 76.2 Å². The van der Waals surface area contributed by atoms with Gasteiger partial charge in [-0.15, -0.1) is 0 Å². The van der Waals surface area contributed by atoms with Gasteiger partial charge in [0.15, 0.2) is 5.52 Å². The molecule has 35 heavy (non-hydrogen) atoms. The fourth-order valence-electron chi connectivity index (χ4n) is 4.19. The Morgan fingerprint density at radius 3 is 2.51 bits per heavy atom. The van der Waals surface area contributed by atoms with E-state index in [1.165, 1.54) is 4.68 Å². The standard InChI is InChI=1S/C27H31N5O3/c1-5-35-23-10-7-6-9-21(23)17-28-24(33)11-8-16-31-27(34)26-25(19(3)29-31)20(4)32(30-26)22-14-12-18(2)13-15-22/h6-7,9-10,12-15H,5,8,11,16-17H2,1-4H3,(H,28,33). The lowest BCUT2D eigenvalue weighted by Gasteiger charge is -2.11. The SMILES string of the molecule is CCOc1ccccc1CNC(=O)CCCn1nc(C)c2c(C)n(-c3ccc(C)cc3)nc2c1=O. The lowest BCUT2D eigenvalue weighted by Crippen LogP contribution is -2.26. The quantitative estimate of drug-likeness (QED) is 0.397. The first kappa shape index (κ1) is 24.2. The van der Waals surface area contributed by atoms with E-state index >= 15 is 0 Å². The van der Waals surface area contributed by atoms with Crippen molar-refractivity contribution in [2.24, 2.45) is 0 Å². The van der Waals surface area contributed by atoms with Gasteiger partial charge in [-0.05, 0) is 52.3 Å². The number of ether oxygens (including phenoxy) is 1. The predicted molar refractivity (Wildman–Crippen MR) is 136 cm³/mol. The Bertz CT molecular complexity index is 1400. The highest BCUT2D eigenvalue weighted by Crippen LogP contribution is 2.21. The van der Waals surface area contributed by atoms with E-state index in [1.54, 1.807) is 4.68 Å². The number of hydrogen-bond donors (Lipinski definition) is 1. The fraction of sp³-hybridized carbons (Fsp3) is 0.333. The number of nitrogens with zero attached hydrogens (tertiary/aromatic N) is 4. The van der Waals surface area contributed by atoms with Crippen molar-refractivity contribution in [1.29, 1.82) is 0 Å². The summed E-state index contributed by atoms with van der Waals surface area (Å²) >= 11 is 0. The Morgan fingerprint density at radius 2 is 1.77 bits per heavy atom. The van der Waals surface area contributed by atoms with Crippen LogP contribution in [0.1, 0.15) is 42.3 Å². The van der Waals surface area contributed by atoms with E-state index in [-0.39, 0.29) is 11.5 Å². The van der Waals surface area contributed by atoms with Gasteiger partial charge in [-0.25, -0.2) is 9.36 Å². The molecule has 0 saturated carbocycles. The van der Waals surface area contributed by atoms with Gasteiger partial charge in [0.25, 0.3) is 5.56 Å². The maximum absolute atomic E-state index is 13.1. The second-order valence-electron chi connectivity index (χ2n) is 8.59. The zero-order chi connectivity index (χ0) is 24.9. The van der Waals surface area contributed by atoms with E-state index < -0.39 is 0 Å². The molecule has 0 atom stereocenters. The van der Waals surface area contributed by atoms with Crippen LogP contribution in [0.2, 0.25) is 0 Å². The van der Waals surface area contributed by atoms with Crippen LogP contribution >= 0.6 is 0 Å². The van der Waals surface area contributed by atoms with Gasteiger partial charge in [-0.3, -0.25) is 9.59 Å². The molecule has 1 N–H and O–H groups in total. The smallest absolute Gasteiger partial charge is 0.295 e. The summed E-state index contributed by atoms with van der Waals surface area (Å²) in [6.45, 7) is 9.10. The van der Waals surface area contributed by atoms with Crippen LogP contribution in [-0.2, 0) is 17.9 Å². The maximum atomic E-state index is 13.1. The molecule has 8 nitrogen and oxygen atoms in total. The number of hydrogen-bond acceptors (Lipinski definition) is 5. The molecule has 182 valence electrons. The highest BCUT2D eigenvalue weighted by atomic mass is 16.5. The first-order valence-electron chi connectivity index (χ1n) is 11.9. The van der Waals surface area contributed by atoms with Gasteiger partial charge in [0.2, 0.25) is 5.91 Å². The molecule has 8 heteroatoms. The van der Waals surface area contributed by atoms with Crippen LogP contribution in [0.4, 0.5) is 0 Å². The van der Waals surface area contributed by atoms with E-state index in [4.69, 9.17) is 4.74 Å². The minimum atomic E-state index is -0.245. The van der Waals surface area contributed by atoms with Crippen LogP contribution in [-0.4, -0.2) is 32.1 Å². The summed E-state index contributed by atoms with van der Waals surface area (Å²) in [6, 6.07) is 15.7. The molecule has 1 amide bonds. The average Bonchev–Trinajstić information content (AvgIpc) is 3.20. The molecule has 0 fully saturated rings. The van der Waals surface area contributed by atoms with Crippen molar-refractivity contribution >= 4 is 16.8 Å². The van der Waals surface area contributed by atoms with Crippen molar-refractivity contribution in [2.75, 3.05) is 6.61 Å². The summed E-state index contributed by atoms with van der Waals surface area (Å²) in [7, 11) is 0. The van der Waals surface area contributed by atoms with Gasteiger partial charge < -0.3 is 10.1 Å². The van der Waals surface area contributed by atoms with Crippen molar-refractivity contribution in [2.45, 2.75) is 53.6 Å². The summed E-state index contributed by atoms with van der Waals surface area (Å²) in [5, 5.41) is 12.8. The molecule has 0 radical (unpaired) electrons. The normalized spacial score (nSPS) is 11.1. The van der Waals surface area contributed by atoms with Gasteiger partial charge in [-0.2, -0.15) is 10.2 Å². The topological polar surface area (TPSA) is 91.0 Å². The van der Waals surface area contributed by atoms with Crippen molar-refractivity contribution in [1.82, 2.24) is 24.9 Å². The molecule has 2 aromatic carbocycles. The second-order valence-corrected chi connectivity index (χ2v) is 8.59. The van der Waals surface area contributed by atoms with E-state index in [0.717, 1.165) is 39.3 Å². The number of para-hydroxylation sites is 1. The number of amides is 1. The van der Waals surface area contributed by atoms with E-state index in [9.17, 15) is 9.59 Å². The molecule has 4 rings (SSSR count). The van der Waals surface area contributed by atoms with Crippen LogP contribution in [0.25, 0.3) is 16.6 Å². The molecule has 2 heterocycles. The fourth-order valence-corrected chi connectivity index (χ4v) is 4.19. The highest BCUT2D eigenvalue weighted by Gasteiger charge is 2.17. The number of nitrogens with one attached hydrogen (secondary N) is 1. The lowest BCUT2D eigenvalue weighted by atomic mass is 10.2. The molecule has 0 saturated heterocycles. The van der Waals surface area contributed by atoms with Gasteiger partial charge in [0, 0.05) is 25.1 Å². The lowest BCUT2D eigenvalue weighted by molar-refractivity contribution is -0.121. The van der Waals surface area contributed by atoms with Crippen LogP contribution in [0, 0.1) is 20.8 Å². The largest absolute Gasteiger partial charge is 0.494 e. The van der Waals surface area contributed by atoms with Crippen LogP contribution in [0.15, 0.2) is 53.3 Å². The van der Waals surface area contributed by atoms with Crippen molar-refractivity contribution in [3.8, 4) is 11.4 Å². The van der Waals surface area contributed by atoms with Crippen LogP contribution in [0.5, 0.6) is 5.75 Å². The zero-order valence-corrected chi connectivity index (χ0v) is 20.7. The molecular weight excluding hydrogens is 442 g/mol. The third kappa shape index (κ3) is 5.26. The molecule has 0 aliphatic heterocycles. The summed E-state index contributed by atoms with van der Waals surface area (Å²) < 4.78 is 8.81. The number of aromatic nitrogens is 4. The number of carbonyl (C=O) groups excluding carboxylic acids is 1. The summed E-state index contributed by atoms with van der Waals surface area (Å²) in [4.78, 5) is 25.5. The van der Waals surface area contributed by atoms with Crippen molar-refractivity contribution in [3.05, 3.63) is 81.4 Å². The summed E-state index contributed by atoms with van der Waals surface area (Å²) in [6.07, 6.45) is 0.785. The Morgan fingerprint density at radius 1 is 1.03 bits per heavy atom. The second kappa shape index (κ2) is 10.5. The van der Waals surface area contributed by atoms with Crippen LogP contribution in [0.3, 0.4) is 0 Å². The molecule has 4 aromatic rings. The maximum Gasteiger partial charge on any atom is 0.295 e. The Balaban J connectivity index is 1.43. The number of benzene rings is 2. The van der Waals surface area contributed by atoms with Crippen molar-refractivity contribution < 1.29 is 9.53 Å².